The summed E-state index contributed by atoms with van der Waals surface area (Å²) < 4.78 is 3.18. The number of aliphatic hydroxyl groups is 1. The molecule has 2 amide bonds. The number of hydrogen-bond acceptors (Lipinski definition) is 8. The monoisotopic (exact) mass is 550 g/mol. The molecule has 2 aliphatic rings. The topological polar surface area (TPSA) is 152 Å². The number of aromatic nitrogens is 4. The highest BCUT2D eigenvalue weighted by Gasteiger charge is 2.38. The Bertz CT molecular complexity index is 1450. The first-order valence-corrected chi connectivity index (χ1v) is 13.9. The molecule has 4 N–H and O–H groups in total. The third kappa shape index (κ3) is 6.24. The number of likely N-dealkylation sites (tertiary alicyclic amines) is 1. The summed E-state index contributed by atoms with van der Waals surface area (Å²) >= 11 is 0. The molecule has 12 heteroatoms. The number of carbonyl (C=O) groups is 2. The summed E-state index contributed by atoms with van der Waals surface area (Å²) in [5, 5.41) is 19.2. The Morgan fingerprint density at radius 3 is 2.65 bits per heavy atom. The summed E-state index contributed by atoms with van der Waals surface area (Å²) in [6.07, 6.45) is 6.37. The lowest BCUT2D eigenvalue weighted by atomic mass is 9.90. The maximum Gasteiger partial charge on any atom is 0.261 e. The fraction of sp³-hybridized carbons (Fsp3) is 0.536. The number of amides is 2. The van der Waals surface area contributed by atoms with Gasteiger partial charge in [0.1, 0.15) is 0 Å². The van der Waals surface area contributed by atoms with Crippen LogP contribution in [0.5, 0.6) is 0 Å². The van der Waals surface area contributed by atoms with Crippen LogP contribution in [0.2, 0.25) is 0 Å². The van der Waals surface area contributed by atoms with E-state index in [-0.39, 0.29) is 23.9 Å². The molecule has 1 saturated heterocycles. The van der Waals surface area contributed by atoms with Crippen molar-refractivity contribution in [3.63, 3.8) is 0 Å². The van der Waals surface area contributed by atoms with Gasteiger partial charge in [-0.15, -0.1) is 0 Å². The molecule has 3 aromatic rings. The van der Waals surface area contributed by atoms with Crippen molar-refractivity contribution in [3.8, 4) is 0 Å². The Morgan fingerprint density at radius 1 is 1.23 bits per heavy atom. The number of anilines is 1. The minimum absolute atomic E-state index is 0.0682. The van der Waals surface area contributed by atoms with E-state index in [1.807, 2.05) is 19.0 Å². The van der Waals surface area contributed by atoms with E-state index in [4.69, 9.17) is 5.73 Å². The molecule has 214 valence electrons. The minimum atomic E-state index is -1.14. The van der Waals surface area contributed by atoms with E-state index in [2.05, 4.69) is 15.4 Å². The predicted molar refractivity (Wildman–Crippen MR) is 151 cm³/mol. The quantitative estimate of drug-likeness (QED) is 0.338. The molecule has 0 spiro atoms. The standard InChI is InChI=1S/C28H38N8O4/c1-33(2)11-7-24(37)31-20-5-6-21-23(15-20)30-18-35(26(21)38)17-28(40)8-12-34(13-9-28)27(39)22-16-36(14-10-29)32-25(22)19-3-4-19/h5-6,15-16,18-19,40H,3-4,7-14,17,29H2,1-2H3,(H,31,37). The third-order valence-corrected chi connectivity index (χ3v) is 7.68. The fourth-order valence-corrected chi connectivity index (χ4v) is 5.18. The number of nitrogens with zero attached hydrogens (tertiary/aromatic N) is 6. The molecular weight excluding hydrogens is 512 g/mol. The zero-order valence-electron chi connectivity index (χ0n) is 23.2. The summed E-state index contributed by atoms with van der Waals surface area (Å²) in [5.74, 6) is 0.158. The van der Waals surface area contributed by atoms with Crippen molar-refractivity contribution in [3.05, 3.63) is 52.3 Å². The predicted octanol–water partition coefficient (Wildman–Crippen LogP) is 0.987. The number of rotatable bonds is 10. The second-order valence-corrected chi connectivity index (χ2v) is 11.3. The number of nitrogens with one attached hydrogen (secondary N) is 1. The van der Waals surface area contributed by atoms with E-state index in [1.54, 1.807) is 34.0 Å². The molecular formula is C28H38N8O4. The SMILES string of the molecule is CN(C)CCC(=O)Nc1ccc2c(=O)n(CC3(O)CCN(C(=O)c4cn(CCN)nc4C4CC4)CC3)cnc2c1. The number of piperidine rings is 1. The summed E-state index contributed by atoms with van der Waals surface area (Å²) in [7, 11) is 3.81. The van der Waals surface area contributed by atoms with Gasteiger partial charge in [0.05, 0.1) is 47.2 Å². The van der Waals surface area contributed by atoms with Crippen LogP contribution in [0.4, 0.5) is 5.69 Å². The van der Waals surface area contributed by atoms with Gasteiger partial charge in [-0.05, 0) is 58.0 Å². The zero-order valence-corrected chi connectivity index (χ0v) is 23.2. The Balaban J connectivity index is 1.23. The van der Waals surface area contributed by atoms with Crippen molar-refractivity contribution >= 4 is 28.4 Å². The van der Waals surface area contributed by atoms with E-state index in [0.717, 1.165) is 18.5 Å². The van der Waals surface area contributed by atoms with Gasteiger partial charge >= 0.3 is 0 Å². The molecule has 5 rings (SSSR count). The zero-order chi connectivity index (χ0) is 28.4. The number of benzene rings is 1. The molecule has 1 saturated carbocycles. The Labute approximate surface area is 232 Å². The van der Waals surface area contributed by atoms with Crippen molar-refractivity contribution in [2.24, 2.45) is 5.73 Å². The maximum absolute atomic E-state index is 13.4. The lowest BCUT2D eigenvalue weighted by Crippen LogP contribution is -2.49. The largest absolute Gasteiger partial charge is 0.388 e. The van der Waals surface area contributed by atoms with Crippen molar-refractivity contribution in [1.29, 1.82) is 0 Å². The normalized spacial score (nSPS) is 17.0. The van der Waals surface area contributed by atoms with E-state index < -0.39 is 5.60 Å². The van der Waals surface area contributed by atoms with Gasteiger partial charge < -0.3 is 26.0 Å². The van der Waals surface area contributed by atoms with Gasteiger partial charge in [0.25, 0.3) is 11.5 Å². The molecule has 1 aliphatic carbocycles. The van der Waals surface area contributed by atoms with Crippen molar-refractivity contribution in [2.45, 2.75) is 56.7 Å². The van der Waals surface area contributed by atoms with Gasteiger partial charge in [-0.3, -0.25) is 23.6 Å². The van der Waals surface area contributed by atoms with E-state index >= 15 is 0 Å². The van der Waals surface area contributed by atoms with Gasteiger partial charge in [-0.25, -0.2) is 4.98 Å². The first kappa shape index (κ1) is 27.9. The molecule has 2 fully saturated rings. The summed E-state index contributed by atoms with van der Waals surface area (Å²) in [6.45, 7) is 2.50. The number of nitrogens with two attached hydrogens (primary N) is 1. The first-order chi connectivity index (χ1) is 19.2. The second-order valence-electron chi connectivity index (χ2n) is 11.3. The molecule has 0 unspecified atom stereocenters. The maximum atomic E-state index is 13.4. The van der Waals surface area contributed by atoms with Crippen molar-refractivity contribution in [1.82, 2.24) is 29.1 Å². The number of carbonyl (C=O) groups excluding carboxylic acids is 2. The van der Waals surface area contributed by atoms with Crippen LogP contribution in [0, 0.1) is 0 Å². The van der Waals surface area contributed by atoms with Crippen molar-refractivity contribution < 1.29 is 14.7 Å². The van der Waals surface area contributed by atoms with E-state index in [1.165, 1.54) is 10.9 Å². The minimum Gasteiger partial charge on any atom is -0.388 e. The van der Waals surface area contributed by atoms with Gasteiger partial charge in [-0.2, -0.15) is 5.10 Å². The molecule has 0 atom stereocenters. The molecule has 0 radical (unpaired) electrons. The molecule has 1 aromatic carbocycles. The van der Waals surface area contributed by atoms with Gasteiger partial charge in [0.15, 0.2) is 0 Å². The van der Waals surface area contributed by atoms with Crippen LogP contribution in [0.1, 0.15) is 54.1 Å². The highest BCUT2D eigenvalue weighted by atomic mass is 16.3. The fourth-order valence-electron chi connectivity index (χ4n) is 5.18. The van der Waals surface area contributed by atoms with E-state index in [9.17, 15) is 19.5 Å². The highest BCUT2D eigenvalue weighted by molar-refractivity contribution is 5.95. The van der Waals surface area contributed by atoms with Gasteiger partial charge in [-0.1, -0.05) is 0 Å². The van der Waals surface area contributed by atoms with Crippen molar-refractivity contribution in [2.75, 3.05) is 45.6 Å². The highest BCUT2D eigenvalue weighted by Crippen LogP contribution is 2.41. The molecule has 12 nitrogen and oxygen atoms in total. The van der Waals surface area contributed by atoms with Gasteiger partial charge in [0, 0.05) is 50.4 Å². The van der Waals surface area contributed by atoms with Crippen LogP contribution >= 0.6 is 0 Å². The molecule has 1 aliphatic heterocycles. The Morgan fingerprint density at radius 2 is 1.98 bits per heavy atom. The summed E-state index contributed by atoms with van der Waals surface area (Å²) in [5.41, 5.74) is 6.81. The Hall–Kier alpha value is -3.61. The summed E-state index contributed by atoms with van der Waals surface area (Å²) in [4.78, 5) is 46.9. The first-order valence-electron chi connectivity index (χ1n) is 13.9. The van der Waals surface area contributed by atoms with Crippen LogP contribution in [-0.2, 0) is 17.9 Å². The van der Waals surface area contributed by atoms with Crippen LogP contribution in [0.3, 0.4) is 0 Å². The average Bonchev–Trinajstić information content (AvgIpc) is 3.69. The van der Waals surface area contributed by atoms with E-state index in [0.29, 0.717) is 80.1 Å². The molecule has 40 heavy (non-hydrogen) atoms. The van der Waals surface area contributed by atoms with Gasteiger partial charge in [0.2, 0.25) is 5.91 Å². The van der Waals surface area contributed by atoms with Crippen LogP contribution in [-0.4, -0.2) is 91.9 Å². The average molecular weight is 551 g/mol. The third-order valence-electron chi connectivity index (χ3n) is 7.68. The lowest BCUT2D eigenvalue weighted by molar-refractivity contribution is -0.116. The Kier molecular flexibility index (Phi) is 8.02. The molecule has 3 heterocycles. The molecule has 2 aromatic heterocycles. The lowest BCUT2D eigenvalue weighted by Gasteiger charge is -2.38. The smallest absolute Gasteiger partial charge is 0.261 e. The van der Waals surface area contributed by atoms with Crippen LogP contribution in [0.25, 0.3) is 10.9 Å². The second kappa shape index (κ2) is 11.5. The van der Waals surface area contributed by atoms with Crippen LogP contribution in [0.15, 0.2) is 35.5 Å². The van der Waals surface area contributed by atoms with Crippen LogP contribution < -0.4 is 16.6 Å². The number of hydrogen-bond donors (Lipinski definition) is 3. The number of fused-ring (bicyclic) bond motifs is 1. The molecule has 0 bridgehead atoms. The summed E-state index contributed by atoms with van der Waals surface area (Å²) in [6, 6.07) is 5.02.